The number of aryl methyl sites for hydroxylation is 1. The van der Waals surface area contributed by atoms with Crippen molar-refractivity contribution in [2.45, 2.75) is 25.8 Å². The number of halogens is 1. The molecule has 0 bridgehead atoms. The summed E-state index contributed by atoms with van der Waals surface area (Å²) >= 11 is 0. The Hall–Kier alpha value is -2.29. The first-order chi connectivity index (χ1) is 12.4. The van der Waals surface area contributed by atoms with Crippen LogP contribution in [0.25, 0.3) is 11.2 Å². The highest BCUT2D eigenvalue weighted by Gasteiger charge is 2.23. The van der Waals surface area contributed by atoms with Gasteiger partial charge in [-0.2, -0.15) is 4.98 Å². The minimum Gasteiger partial charge on any atom is -0.369 e. The maximum Gasteiger partial charge on any atom is 0.332 e. The van der Waals surface area contributed by atoms with Crippen molar-refractivity contribution in [1.29, 1.82) is 0 Å². The summed E-state index contributed by atoms with van der Waals surface area (Å²) in [5.41, 5.74) is 0.240. The van der Waals surface area contributed by atoms with Crippen LogP contribution in [-0.4, -0.2) is 63.7 Å². The van der Waals surface area contributed by atoms with Gasteiger partial charge >= 0.3 is 5.69 Å². The molecule has 0 unspecified atom stereocenters. The van der Waals surface area contributed by atoms with Gasteiger partial charge in [0.2, 0.25) is 5.95 Å². The molecule has 1 aliphatic heterocycles. The molecule has 0 atom stereocenters. The fraction of sp³-hybridized carbons (Fsp3) is 0.647. The van der Waals surface area contributed by atoms with E-state index in [-0.39, 0.29) is 23.7 Å². The van der Waals surface area contributed by atoms with Gasteiger partial charge in [-0.3, -0.25) is 18.9 Å². The largest absolute Gasteiger partial charge is 0.369 e. The standard InChI is InChI=1S/C17H27N7O2.ClH/c1-20(2)12-18-8-11-24-13-14(21(3)17(26)22(4)15(13)25)19-16(24)23-9-6-5-7-10-23;/h12H,5-11H2,1-4H3;1H. The van der Waals surface area contributed by atoms with Gasteiger partial charge in [-0.15, -0.1) is 12.4 Å². The Balaban J connectivity index is 0.00000261. The van der Waals surface area contributed by atoms with Gasteiger partial charge in [0.15, 0.2) is 11.2 Å². The van der Waals surface area contributed by atoms with Gasteiger partial charge in [-0.05, 0) is 19.3 Å². The molecule has 0 radical (unpaired) electrons. The number of hydrogen-bond acceptors (Lipinski definition) is 5. The maximum absolute atomic E-state index is 12.8. The second-order valence-electron chi connectivity index (χ2n) is 6.97. The lowest BCUT2D eigenvalue weighted by molar-refractivity contribution is 0.555. The van der Waals surface area contributed by atoms with Crippen molar-refractivity contribution in [3.8, 4) is 0 Å². The molecule has 27 heavy (non-hydrogen) atoms. The van der Waals surface area contributed by atoms with Gasteiger partial charge < -0.3 is 14.4 Å². The molecule has 3 heterocycles. The molecule has 3 rings (SSSR count). The van der Waals surface area contributed by atoms with Crippen molar-refractivity contribution in [3.05, 3.63) is 20.8 Å². The summed E-state index contributed by atoms with van der Waals surface area (Å²) in [7, 11) is 7.00. The zero-order valence-electron chi connectivity index (χ0n) is 16.4. The third-order valence-corrected chi connectivity index (χ3v) is 4.73. The molecule has 1 fully saturated rings. The van der Waals surface area contributed by atoms with Crippen molar-refractivity contribution < 1.29 is 0 Å². The van der Waals surface area contributed by atoms with E-state index in [1.165, 1.54) is 18.0 Å². The van der Waals surface area contributed by atoms with Gasteiger partial charge in [-0.1, -0.05) is 0 Å². The van der Waals surface area contributed by atoms with Crippen LogP contribution in [0.4, 0.5) is 5.95 Å². The van der Waals surface area contributed by atoms with Crippen molar-refractivity contribution in [1.82, 2.24) is 23.6 Å². The second-order valence-corrected chi connectivity index (χ2v) is 6.97. The smallest absolute Gasteiger partial charge is 0.332 e. The molecule has 0 N–H and O–H groups in total. The first kappa shape index (κ1) is 21.0. The number of hydrogen-bond donors (Lipinski definition) is 0. The zero-order chi connectivity index (χ0) is 18.8. The fourth-order valence-electron chi connectivity index (χ4n) is 3.36. The first-order valence-corrected chi connectivity index (χ1v) is 8.99. The Morgan fingerprint density at radius 3 is 2.41 bits per heavy atom. The van der Waals surface area contributed by atoms with E-state index in [1.54, 1.807) is 13.4 Å². The van der Waals surface area contributed by atoms with Gasteiger partial charge in [0.1, 0.15) is 0 Å². The van der Waals surface area contributed by atoms with Gasteiger partial charge in [0, 0.05) is 47.8 Å². The van der Waals surface area contributed by atoms with E-state index < -0.39 is 0 Å². The highest BCUT2D eigenvalue weighted by atomic mass is 35.5. The normalized spacial score (nSPS) is 14.7. The Morgan fingerprint density at radius 2 is 1.78 bits per heavy atom. The fourth-order valence-corrected chi connectivity index (χ4v) is 3.36. The van der Waals surface area contributed by atoms with Crippen LogP contribution < -0.4 is 16.1 Å². The monoisotopic (exact) mass is 397 g/mol. The lowest BCUT2D eigenvalue weighted by Crippen LogP contribution is -2.37. The number of rotatable bonds is 5. The molecule has 0 saturated carbocycles. The van der Waals surface area contributed by atoms with E-state index >= 15 is 0 Å². The van der Waals surface area contributed by atoms with Crippen LogP contribution in [0.5, 0.6) is 0 Å². The van der Waals surface area contributed by atoms with Crippen LogP contribution in [0.2, 0.25) is 0 Å². The van der Waals surface area contributed by atoms with Crippen LogP contribution in [0.15, 0.2) is 14.6 Å². The molecule has 150 valence electrons. The third-order valence-electron chi connectivity index (χ3n) is 4.73. The number of imidazole rings is 1. The molecule has 2 aromatic rings. The van der Waals surface area contributed by atoms with Crippen LogP contribution >= 0.6 is 12.4 Å². The van der Waals surface area contributed by atoms with Crippen LogP contribution in [0.3, 0.4) is 0 Å². The molecule has 2 aromatic heterocycles. The number of nitrogens with zero attached hydrogens (tertiary/aromatic N) is 7. The molecule has 0 aliphatic carbocycles. The Bertz CT molecular complexity index is 935. The van der Waals surface area contributed by atoms with E-state index in [9.17, 15) is 9.59 Å². The van der Waals surface area contributed by atoms with Gasteiger partial charge in [0.05, 0.1) is 12.9 Å². The first-order valence-electron chi connectivity index (χ1n) is 8.99. The molecule has 10 heteroatoms. The van der Waals surface area contributed by atoms with Crippen molar-refractivity contribution in [3.63, 3.8) is 0 Å². The van der Waals surface area contributed by atoms with E-state index in [0.717, 1.165) is 36.4 Å². The van der Waals surface area contributed by atoms with Crippen LogP contribution in [0.1, 0.15) is 19.3 Å². The van der Waals surface area contributed by atoms with Crippen LogP contribution in [-0.2, 0) is 20.6 Å². The van der Waals surface area contributed by atoms with Crippen molar-refractivity contribution in [2.75, 3.05) is 38.6 Å². The topological polar surface area (TPSA) is 80.7 Å². The number of anilines is 1. The van der Waals surface area contributed by atoms with E-state index in [1.807, 2.05) is 23.6 Å². The van der Waals surface area contributed by atoms with E-state index in [4.69, 9.17) is 0 Å². The van der Waals surface area contributed by atoms with Crippen molar-refractivity contribution in [2.24, 2.45) is 19.1 Å². The average molecular weight is 398 g/mol. The van der Waals surface area contributed by atoms with Gasteiger partial charge in [0.25, 0.3) is 5.56 Å². The summed E-state index contributed by atoms with van der Waals surface area (Å²) in [5.74, 6) is 0.762. The third kappa shape index (κ3) is 4.02. The molecular weight excluding hydrogens is 370 g/mol. The molecule has 1 aliphatic rings. The average Bonchev–Trinajstić information content (AvgIpc) is 3.02. The summed E-state index contributed by atoms with van der Waals surface area (Å²) in [6, 6.07) is 0. The molecule has 0 spiro atoms. The minimum atomic E-state index is -0.358. The molecular formula is C17H28ClN7O2. The molecule has 9 nitrogen and oxygen atoms in total. The highest BCUT2D eigenvalue weighted by molar-refractivity contribution is 5.85. The summed E-state index contributed by atoms with van der Waals surface area (Å²) in [5, 5.41) is 0. The summed E-state index contributed by atoms with van der Waals surface area (Å²) < 4.78 is 4.52. The maximum atomic E-state index is 12.8. The van der Waals surface area contributed by atoms with Gasteiger partial charge in [-0.25, -0.2) is 4.79 Å². The molecule has 0 amide bonds. The number of aromatic nitrogens is 4. The van der Waals surface area contributed by atoms with Crippen LogP contribution in [0, 0.1) is 0 Å². The quantitative estimate of drug-likeness (QED) is 0.540. The number of piperidine rings is 1. The second kappa shape index (κ2) is 8.60. The zero-order valence-corrected chi connectivity index (χ0v) is 17.2. The molecule has 1 saturated heterocycles. The Morgan fingerprint density at radius 1 is 1.11 bits per heavy atom. The lowest BCUT2D eigenvalue weighted by atomic mass is 10.1. The molecule has 0 aromatic carbocycles. The summed E-state index contributed by atoms with van der Waals surface area (Å²) in [6.07, 6.45) is 5.19. The summed E-state index contributed by atoms with van der Waals surface area (Å²) in [4.78, 5) is 38.2. The predicted molar refractivity (Wildman–Crippen MR) is 111 cm³/mol. The Labute approximate surface area is 164 Å². The Kier molecular flexibility index (Phi) is 6.69. The van der Waals surface area contributed by atoms with Crippen molar-refractivity contribution >= 4 is 35.9 Å². The minimum absolute atomic E-state index is 0. The number of aliphatic imine (C=N–C) groups is 1. The number of fused-ring (bicyclic) bond motifs is 1. The van der Waals surface area contributed by atoms with E-state index in [0.29, 0.717) is 24.3 Å². The highest BCUT2D eigenvalue weighted by Crippen LogP contribution is 2.22. The lowest BCUT2D eigenvalue weighted by Gasteiger charge is -2.28. The van der Waals surface area contributed by atoms with E-state index in [2.05, 4.69) is 14.9 Å². The SMILES string of the molecule is CN(C)C=NCCn1c(N2CCCCC2)nc2c1c(=O)n(C)c(=O)n2C.Cl. The summed E-state index contributed by atoms with van der Waals surface area (Å²) in [6.45, 7) is 2.91. The predicted octanol–water partition coefficient (Wildman–Crippen LogP) is 0.436.